The van der Waals surface area contributed by atoms with Gasteiger partial charge in [-0.2, -0.15) is 0 Å². The molecule has 2 aromatic carbocycles. The quantitative estimate of drug-likeness (QED) is 0.835. The van der Waals surface area contributed by atoms with Gasteiger partial charge in [-0.1, -0.05) is 17.7 Å². The molecule has 1 atom stereocenters. The molecule has 0 aromatic heterocycles. The summed E-state index contributed by atoms with van der Waals surface area (Å²) < 4.78 is 16.0. The summed E-state index contributed by atoms with van der Waals surface area (Å²) >= 11 is 6.01. The summed E-state index contributed by atoms with van der Waals surface area (Å²) in [6.07, 6.45) is 0. The Bertz CT molecular complexity index is 812. The average Bonchev–Trinajstić information content (AvgIpc) is 3.09. The number of anilines is 1. The molecular formula is C19H21ClN2O4. The van der Waals surface area contributed by atoms with E-state index in [0.717, 1.165) is 17.1 Å². The van der Waals surface area contributed by atoms with Crippen LogP contribution in [0.5, 0.6) is 17.2 Å². The third-order valence-corrected chi connectivity index (χ3v) is 4.56. The molecule has 0 saturated carbocycles. The molecule has 0 spiro atoms. The average molecular weight is 377 g/mol. The van der Waals surface area contributed by atoms with Crippen LogP contribution in [0.15, 0.2) is 36.4 Å². The van der Waals surface area contributed by atoms with Crippen molar-refractivity contribution >= 4 is 23.2 Å². The Morgan fingerprint density at radius 2 is 2.04 bits per heavy atom. The lowest BCUT2D eigenvalue weighted by atomic mass is 10.1. The minimum atomic E-state index is -0.357. The van der Waals surface area contributed by atoms with Gasteiger partial charge in [0.25, 0.3) is 0 Å². The molecule has 0 fully saturated rings. The van der Waals surface area contributed by atoms with Crippen molar-refractivity contribution < 1.29 is 19.0 Å². The molecule has 0 radical (unpaired) electrons. The van der Waals surface area contributed by atoms with Gasteiger partial charge < -0.3 is 19.5 Å². The number of carbonyl (C=O) groups excluding carboxylic acids is 1. The van der Waals surface area contributed by atoms with E-state index in [4.69, 9.17) is 25.8 Å². The summed E-state index contributed by atoms with van der Waals surface area (Å²) in [7, 11) is 3.44. The third kappa shape index (κ3) is 4.03. The second-order valence-electron chi connectivity index (χ2n) is 6.11. The van der Waals surface area contributed by atoms with Gasteiger partial charge in [0.2, 0.25) is 12.7 Å². The van der Waals surface area contributed by atoms with Crippen LogP contribution in [0, 0.1) is 0 Å². The van der Waals surface area contributed by atoms with Crippen LogP contribution in [0.3, 0.4) is 0 Å². The largest absolute Gasteiger partial charge is 0.495 e. The Labute approximate surface area is 157 Å². The van der Waals surface area contributed by atoms with Crippen molar-refractivity contribution in [2.45, 2.75) is 19.5 Å². The highest BCUT2D eigenvalue weighted by molar-refractivity contribution is 6.31. The topological polar surface area (TPSA) is 60.0 Å². The Kier molecular flexibility index (Phi) is 5.54. The number of likely N-dealkylation sites (N-methyl/N-ethyl adjacent to an activating group) is 1. The molecule has 2 aromatic rings. The number of rotatable bonds is 6. The van der Waals surface area contributed by atoms with E-state index in [0.29, 0.717) is 23.0 Å². The van der Waals surface area contributed by atoms with Crippen LogP contribution in [-0.2, 0) is 11.3 Å². The third-order valence-electron chi connectivity index (χ3n) is 4.33. The molecule has 1 aliphatic rings. The van der Waals surface area contributed by atoms with Gasteiger partial charge in [0.15, 0.2) is 11.5 Å². The molecule has 0 bridgehead atoms. The number of hydrogen-bond acceptors (Lipinski definition) is 5. The maximum atomic E-state index is 12.6. The predicted molar refractivity (Wildman–Crippen MR) is 100 cm³/mol. The van der Waals surface area contributed by atoms with Gasteiger partial charge in [-0.3, -0.25) is 9.69 Å². The van der Waals surface area contributed by atoms with E-state index in [1.165, 1.54) is 0 Å². The summed E-state index contributed by atoms with van der Waals surface area (Å²) in [5, 5.41) is 3.41. The number of fused-ring (bicyclic) bond motifs is 1. The number of ether oxygens (including phenoxy) is 3. The number of carbonyl (C=O) groups is 1. The van der Waals surface area contributed by atoms with Gasteiger partial charge in [-0.15, -0.1) is 0 Å². The minimum Gasteiger partial charge on any atom is -0.495 e. The van der Waals surface area contributed by atoms with Gasteiger partial charge in [0.1, 0.15) is 5.75 Å². The van der Waals surface area contributed by atoms with Gasteiger partial charge >= 0.3 is 0 Å². The lowest BCUT2D eigenvalue weighted by molar-refractivity contribution is -0.120. The fourth-order valence-corrected chi connectivity index (χ4v) is 2.85. The number of benzene rings is 2. The summed E-state index contributed by atoms with van der Waals surface area (Å²) in [5.41, 5.74) is 1.59. The SMILES string of the molecule is COc1ccc(Cl)cc1NC(=O)[C@H](C)N(C)Cc1ccc2c(c1)OCO2. The van der Waals surface area contributed by atoms with E-state index in [-0.39, 0.29) is 18.7 Å². The standard InChI is InChI=1S/C19H21ClN2O4/c1-12(19(23)21-15-9-14(20)5-7-16(15)24-3)22(2)10-13-4-6-17-18(8-13)26-11-25-17/h4-9,12H,10-11H2,1-3H3,(H,21,23)/t12-/m0/s1. The highest BCUT2D eigenvalue weighted by Crippen LogP contribution is 2.33. The molecule has 3 rings (SSSR count). The number of amides is 1. The predicted octanol–water partition coefficient (Wildman–Crippen LogP) is 3.54. The molecule has 6 nitrogen and oxygen atoms in total. The molecule has 1 aliphatic heterocycles. The normalized spacial score (nSPS) is 13.6. The van der Waals surface area contributed by atoms with Crippen molar-refractivity contribution in [2.24, 2.45) is 0 Å². The molecule has 1 heterocycles. The fraction of sp³-hybridized carbons (Fsp3) is 0.316. The van der Waals surface area contributed by atoms with E-state index >= 15 is 0 Å². The zero-order chi connectivity index (χ0) is 18.7. The van der Waals surface area contributed by atoms with Gasteiger partial charge in [0, 0.05) is 11.6 Å². The van der Waals surface area contributed by atoms with Crippen LogP contribution in [0.4, 0.5) is 5.69 Å². The van der Waals surface area contributed by atoms with Crippen LogP contribution in [0.25, 0.3) is 0 Å². The molecule has 0 saturated heterocycles. The Morgan fingerprint density at radius 3 is 2.81 bits per heavy atom. The first-order valence-corrected chi connectivity index (χ1v) is 8.59. The number of halogens is 1. The van der Waals surface area contributed by atoms with Crippen molar-refractivity contribution in [1.29, 1.82) is 0 Å². The van der Waals surface area contributed by atoms with E-state index in [9.17, 15) is 4.79 Å². The Balaban J connectivity index is 1.65. The molecule has 26 heavy (non-hydrogen) atoms. The lowest BCUT2D eigenvalue weighted by Gasteiger charge is -2.24. The van der Waals surface area contributed by atoms with E-state index in [1.54, 1.807) is 25.3 Å². The smallest absolute Gasteiger partial charge is 0.241 e. The van der Waals surface area contributed by atoms with Crippen LogP contribution in [0.1, 0.15) is 12.5 Å². The second-order valence-corrected chi connectivity index (χ2v) is 6.55. The van der Waals surface area contributed by atoms with Crippen molar-refractivity contribution in [3.8, 4) is 17.2 Å². The first kappa shape index (κ1) is 18.4. The van der Waals surface area contributed by atoms with Gasteiger partial charge in [0.05, 0.1) is 18.8 Å². The van der Waals surface area contributed by atoms with E-state index in [2.05, 4.69) is 5.32 Å². The second kappa shape index (κ2) is 7.85. The van der Waals surface area contributed by atoms with Crippen molar-refractivity contribution in [1.82, 2.24) is 4.90 Å². The zero-order valence-corrected chi connectivity index (χ0v) is 15.7. The van der Waals surface area contributed by atoms with Crippen molar-refractivity contribution in [3.05, 3.63) is 47.0 Å². The number of nitrogens with one attached hydrogen (secondary N) is 1. The maximum Gasteiger partial charge on any atom is 0.241 e. The highest BCUT2D eigenvalue weighted by atomic mass is 35.5. The first-order chi connectivity index (χ1) is 12.5. The van der Waals surface area contributed by atoms with E-state index in [1.807, 2.05) is 37.1 Å². The van der Waals surface area contributed by atoms with Crippen LogP contribution >= 0.6 is 11.6 Å². The van der Waals surface area contributed by atoms with Crippen LogP contribution in [-0.4, -0.2) is 37.8 Å². The zero-order valence-electron chi connectivity index (χ0n) is 14.9. The van der Waals surface area contributed by atoms with Gasteiger partial charge in [-0.05, 0) is 49.9 Å². The Morgan fingerprint density at radius 1 is 1.27 bits per heavy atom. The summed E-state index contributed by atoms with van der Waals surface area (Å²) in [6.45, 7) is 2.69. The summed E-state index contributed by atoms with van der Waals surface area (Å²) in [4.78, 5) is 14.6. The monoisotopic (exact) mass is 376 g/mol. The molecule has 1 amide bonds. The fourth-order valence-electron chi connectivity index (χ4n) is 2.68. The van der Waals surface area contributed by atoms with E-state index < -0.39 is 0 Å². The number of nitrogens with zero attached hydrogens (tertiary/aromatic N) is 1. The minimum absolute atomic E-state index is 0.145. The number of methoxy groups -OCH3 is 1. The lowest BCUT2D eigenvalue weighted by Crippen LogP contribution is -2.39. The first-order valence-electron chi connectivity index (χ1n) is 8.21. The van der Waals surface area contributed by atoms with Crippen LogP contribution < -0.4 is 19.5 Å². The molecule has 7 heteroatoms. The summed E-state index contributed by atoms with van der Waals surface area (Å²) in [5.74, 6) is 1.90. The maximum absolute atomic E-state index is 12.6. The highest BCUT2D eigenvalue weighted by Gasteiger charge is 2.21. The molecule has 0 unspecified atom stereocenters. The Hall–Kier alpha value is -2.44. The van der Waals surface area contributed by atoms with Crippen molar-refractivity contribution in [2.75, 3.05) is 26.3 Å². The molecule has 138 valence electrons. The van der Waals surface area contributed by atoms with Crippen molar-refractivity contribution in [3.63, 3.8) is 0 Å². The van der Waals surface area contributed by atoms with Gasteiger partial charge in [-0.25, -0.2) is 0 Å². The molecular weight excluding hydrogens is 356 g/mol. The molecule has 1 N–H and O–H groups in total. The summed E-state index contributed by atoms with van der Waals surface area (Å²) in [6, 6.07) is 10.5. The number of hydrogen-bond donors (Lipinski definition) is 1. The van der Waals surface area contributed by atoms with Crippen LogP contribution in [0.2, 0.25) is 5.02 Å². The molecule has 0 aliphatic carbocycles.